The number of carbonyl (C=O) groups excluding carboxylic acids is 3. The van der Waals surface area contributed by atoms with E-state index in [-0.39, 0.29) is 24.1 Å². The summed E-state index contributed by atoms with van der Waals surface area (Å²) < 4.78 is 0. The van der Waals surface area contributed by atoms with E-state index in [1.165, 1.54) is 0 Å². The molecule has 0 bridgehead atoms. The lowest BCUT2D eigenvalue weighted by molar-refractivity contribution is -0.164. The number of hydrogen-bond acceptors (Lipinski definition) is 3. The van der Waals surface area contributed by atoms with Crippen LogP contribution in [0.3, 0.4) is 0 Å². The van der Waals surface area contributed by atoms with Gasteiger partial charge in [-0.3, -0.25) is 14.4 Å². The highest BCUT2D eigenvalue weighted by Crippen LogP contribution is 2.33. The van der Waals surface area contributed by atoms with E-state index in [2.05, 4.69) is 6.58 Å². The fraction of sp³-hybridized carbons (Fsp3) is 0.480. The van der Waals surface area contributed by atoms with Crippen molar-refractivity contribution in [1.29, 1.82) is 0 Å². The maximum atomic E-state index is 13.6. The lowest BCUT2D eigenvalue weighted by Gasteiger charge is -2.51. The van der Waals surface area contributed by atoms with Crippen LogP contribution in [0.15, 0.2) is 48.6 Å². The van der Waals surface area contributed by atoms with Crippen LogP contribution in [-0.4, -0.2) is 65.1 Å². The molecule has 2 rings (SSSR count). The first-order valence-electron chi connectivity index (χ1n) is 10.9. The van der Waals surface area contributed by atoms with Crippen molar-refractivity contribution in [3.8, 4) is 0 Å². The molecule has 1 saturated heterocycles. The molecule has 0 aliphatic carbocycles. The number of carbonyl (C=O) groups is 3. The predicted octanol–water partition coefficient (Wildman–Crippen LogP) is 4.05. The average molecular weight is 460 g/mol. The van der Waals surface area contributed by atoms with Gasteiger partial charge >= 0.3 is 0 Å². The van der Waals surface area contributed by atoms with Crippen LogP contribution in [0.5, 0.6) is 0 Å². The molecule has 1 heterocycles. The van der Waals surface area contributed by atoms with Crippen molar-refractivity contribution < 1.29 is 14.4 Å². The molecule has 1 atom stereocenters. The molecule has 6 nitrogen and oxygen atoms in total. The minimum absolute atomic E-state index is 0.0276. The van der Waals surface area contributed by atoms with Gasteiger partial charge in [0.15, 0.2) is 0 Å². The van der Waals surface area contributed by atoms with Gasteiger partial charge in [0.05, 0.1) is 0 Å². The van der Waals surface area contributed by atoms with E-state index >= 15 is 0 Å². The number of nitrogens with zero attached hydrogens (tertiary/aromatic N) is 3. The molecule has 1 aromatic carbocycles. The van der Waals surface area contributed by atoms with E-state index in [1.807, 2.05) is 32.1 Å². The largest absolute Gasteiger partial charge is 0.349 e. The highest BCUT2D eigenvalue weighted by atomic mass is 35.5. The van der Waals surface area contributed by atoms with Gasteiger partial charge in [0.1, 0.15) is 5.54 Å². The molecule has 1 fully saturated rings. The number of likely N-dealkylation sites (tertiary alicyclic amines) is 1. The zero-order valence-electron chi connectivity index (χ0n) is 19.6. The minimum Gasteiger partial charge on any atom is -0.349 e. The Morgan fingerprint density at radius 2 is 1.88 bits per heavy atom. The smallest absolute Gasteiger partial charge is 0.248 e. The predicted molar refractivity (Wildman–Crippen MR) is 128 cm³/mol. The van der Waals surface area contributed by atoms with Gasteiger partial charge in [-0.2, -0.15) is 0 Å². The number of benzene rings is 1. The monoisotopic (exact) mass is 459 g/mol. The summed E-state index contributed by atoms with van der Waals surface area (Å²) in [6.07, 6.45) is 5.38. The second kappa shape index (κ2) is 11.3. The lowest BCUT2D eigenvalue weighted by Crippen LogP contribution is -2.67. The van der Waals surface area contributed by atoms with Crippen LogP contribution in [0.25, 0.3) is 0 Å². The van der Waals surface area contributed by atoms with E-state index in [1.54, 1.807) is 47.0 Å². The molecule has 32 heavy (non-hydrogen) atoms. The Bertz CT molecular complexity index is 879. The fourth-order valence-corrected chi connectivity index (χ4v) is 3.83. The molecule has 174 valence electrons. The summed E-state index contributed by atoms with van der Waals surface area (Å²) in [5.74, 6) is -0.132. The van der Waals surface area contributed by atoms with Crippen LogP contribution in [0.4, 0.5) is 0 Å². The minimum atomic E-state index is -0.869. The van der Waals surface area contributed by atoms with Crippen LogP contribution in [0, 0.1) is 0 Å². The summed E-state index contributed by atoms with van der Waals surface area (Å²) >= 11 is 6.00. The molecule has 1 aromatic rings. The molecular formula is C25H34ClN3O3. The molecule has 0 radical (unpaired) electrons. The molecule has 3 amide bonds. The topological polar surface area (TPSA) is 60.9 Å². The molecule has 1 aliphatic rings. The normalized spacial score (nSPS) is 17.7. The number of amides is 3. The van der Waals surface area contributed by atoms with E-state index < -0.39 is 5.54 Å². The average Bonchev–Trinajstić information content (AvgIpc) is 2.72. The third kappa shape index (κ3) is 6.70. The quantitative estimate of drug-likeness (QED) is 0.496. The van der Waals surface area contributed by atoms with E-state index in [0.717, 1.165) is 11.1 Å². The highest BCUT2D eigenvalue weighted by molar-refractivity contribution is 6.30. The van der Waals surface area contributed by atoms with Crippen molar-refractivity contribution >= 4 is 29.3 Å². The first-order chi connectivity index (χ1) is 15.0. The number of halogens is 1. The zero-order chi connectivity index (χ0) is 23.9. The lowest BCUT2D eigenvalue weighted by atomic mass is 9.84. The van der Waals surface area contributed by atoms with E-state index in [4.69, 9.17) is 11.6 Å². The van der Waals surface area contributed by atoms with E-state index in [0.29, 0.717) is 43.9 Å². The Morgan fingerprint density at radius 3 is 2.41 bits per heavy atom. The third-order valence-corrected chi connectivity index (χ3v) is 6.02. The van der Waals surface area contributed by atoms with E-state index in [9.17, 15) is 14.4 Å². The van der Waals surface area contributed by atoms with Crippen LogP contribution in [0.1, 0.15) is 45.1 Å². The molecule has 0 aromatic heterocycles. The maximum Gasteiger partial charge on any atom is 0.248 e. The van der Waals surface area contributed by atoms with Gasteiger partial charge in [0.25, 0.3) is 0 Å². The standard InChI is InChI=1S/C25H34ClN3O3/c1-19(2)8-6-9-23(31)29-17-15-25(29,3)24(32)28(16-7-10-22(30)27(4)5)18-20-11-13-21(26)14-12-20/h6,8,11-14H,1,7,9-10,15-18H2,2-5H3. The van der Waals surface area contributed by atoms with Crippen molar-refractivity contribution in [1.82, 2.24) is 14.7 Å². The first kappa shape index (κ1) is 25.7. The van der Waals surface area contributed by atoms with Gasteiger partial charge in [-0.05, 0) is 44.4 Å². The van der Waals surface area contributed by atoms with Crippen molar-refractivity contribution in [2.24, 2.45) is 0 Å². The molecule has 7 heteroatoms. The van der Waals surface area contributed by atoms with Crippen molar-refractivity contribution in [3.63, 3.8) is 0 Å². The maximum absolute atomic E-state index is 13.6. The molecular weight excluding hydrogens is 426 g/mol. The van der Waals surface area contributed by atoms with Crippen molar-refractivity contribution in [2.45, 2.75) is 51.6 Å². The zero-order valence-corrected chi connectivity index (χ0v) is 20.3. The Hall–Kier alpha value is -2.60. The number of rotatable bonds is 10. The summed E-state index contributed by atoms with van der Waals surface area (Å²) in [6.45, 7) is 8.91. The number of hydrogen-bond donors (Lipinski definition) is 0. The summed E-state index contributed by atoms with van der Waals surface area (Å²) in [5.41, 5.74) is 0.958. The van der Waals surface area contributed by atoms with Crippen molar-refractivity contribution in [3.05, 3.63) is 59.2 Å². The molecule has 0 N–H and O–H groups in total. The fourth-order valence-electron chi connectivity index (χ4n) is 3.70. The Morgan fingerprint density at radius 1 is 1.22 bits per heavy atom. The molecule has 0 spiro atoms. The van der Waals surface area contributed by atoms with Gasteiger partial charge in [0, 0.05) is 51.6 Å². The Kier molecular flexibility index (Phi) is 9.08. The van der Waals surface area contributed by atoms with Crippen LogP contribution < -0.4 is 0 Å². The highest BCUT2D eigenvalue weighted by Gasteiger charge is 2.50. The van der Waals surface area contributed by atoms with Crippen molar-refractivity contribution in [2.75, 3.05) is 27.2 Å². The van der Waals surface area contributed by atoms with Crippen LogP contribution in [-0.2, 0) is 20.9 Å². The van der Waals surface area contributed by atoms with Crippen LogP contribution in [0.2, 0.25) is 5.02 Å². The second-order valence-corrected chi connectivity index (χ2v) is 9.20. The Balaban J connectivity index is 2.14. The van der Waals surface area contributed by atoms with Crippen LogP contribution >= 0.6 is 11.6 Å². The van der Waals surface area contributed by atoms with Gasteiger partial charge in [-0.15, -0.1) is 0 Å². The van der Waals surface area contributed by atoms with Gasteiger partial charge in [-0.1, -0.05) is 48.0 Å². The van der Waals surface area contributed by atoms with Gasteiger partial charge in [-0.25, -0.2) is 0 Å². The van der Waals surface area contributed by atoms with Gasteiger partial charge < -0.3 is 14.7 Å². The molecule has 1 aliphatic heterocycles. The first-order valence-corrected chi connectivity index (χ1v) is 11.3. The summed E-state index contributed by atoms with van der Waals surface area (Å²) in [7, 11) is 3.44. The second-order valence-electron chi connectivity index (χ2n) is 8.77. The third-order valence-electron chi connectivity index (χ3n) is 5.77. The number of allylic oxidation sites excluding steroid dienone is 2. The Labute approximate surface area is 196 Å². The summed E-state index contributed by atoms with van der Waals surface area (Å²) in [4.78, 5) is 43.3. The summed E-state index contributed by atoms with van der Waals surface area (Å²) in [5, 5.41) is 0.633. The molecule has 0 saturated carbocycles. The SMILES string of the molecule is C=C(C)C=CCC(=O)N1CCC1(C)C(=O)N(CCCC(=O)N(C)C)Cc1ccc(Cl)cc1. The van der Waals surface area contributed by atoms with Gasteiger partial charge in [0.2, 0.25) is 17.7 Å². The summed E-state index contributed by atoms with van der Waals surface area (Å²) in [6, 6.07) is 7.37. The molecule has 1 unspecified atom stereocenters.